The van der Waals surface area contributed by atoms with Crippen molar-refractivity contribution >= 4 is 0 Å². The van der Waals surface area contributed by atoms with Gasteiger partial charge in [0.2, 0.25) is 0 Å². The average Bonchev–Trinajstić information content (AvgIpc) is 2.34. The molecule has 0 aliphatic carbocycles. The van der Waals surface area contributed by atoms with Crippen LogP contribution in [0.3, 0.4) is 0 Å². The lowest BCUT2D eigenvalue weighted by atomic mass is 9.84. The van der Waals surface area contributed by atoms with E-state index in [9.17, 15) is 5.11 Å². The first kappa shape index (κ1) is 16.2. The number of rotatable bonds is 5. The van der Waals surface area contributed by atoms with Gasteiger partial charge in [-0.15, -0.1) is 0 Å². The van der Waals surface area contributed by atoms with Crippen molar-refractivity contribution in [1.29, 1.82) is 0 Å². The van der Waals surface area contributed by atoms with Crippen LogP contribution in [0, 0.1) is 6.92 Å². The van der Waals surface area contributed by atoms with Crippen molar-refractivity contribution in [3.8, 4) is 0 Å². The van der Waals surface area contributed by atoms with Crippen molar-refractivity contribution in [2.75, 3.05) is 6.54 Å². The number of hydrogen-bond donors (Lipinski definition) is 2. The fourth-order valence-corrected chi connectivity index (χ4v) is 2.03. The molecule has 2 unspecified atom stereocenters. The second-order valence-electron chi connectivity index (χ2n) is 6.55. The summed E-state index contributed by atoms with van der Waals surface area (Å²) in [7, 11) is 0. The standard InChI is InChI=1S/C17H29NO/c1-7-13(3)18-11-16(19)15-10-14(17(4,5)6)9-8-12(15)2/h8-10,13,16,18-19H,7,11H2,1-6H3. The summed E-state index contributed by atoms with van der Waals surface area (Å²) in [6.07, 6.45) is 0.643. The van der Waals surface area contributed by atoms with E-state index in [1.54, 1.807) is 0 Å². The fraction of sp³-hybridized carbons (Fsp3) is 0.647. The molecule has 108 valence electrons. The molecule has 0 heterocycles. The molecule has 0 saturated carbocycles. The maximum Gasteiger partial charge on any atom is 0.0917 e. The average molecular weight is 263 g/mol. The summed E-state index contributed by atoms with van der Waals surface area (Å²) in [6.45, 7) is 13.6. The zero-order valence-electron chi connectivity index (χ0n) is 13.2. The van der Waals surface area contributed by atoms with Gasteiger partial charge in [-0.1, -0.05) is 45.9 Å². The molecule has 2 atom stereocenters. The first-order valence-corrected chi connectivity index (χ1v) is 7.28. The minimum absolute atomic E-state index is 0.117. The van der Waals surface area contributed by atoms with Crippen LogP contribution in [-0.2, 0) is 5.41 Å². The van der Waals surface area contributed by atoms with Crippen LogP contribution in [0.15, 0.2) is 18.2 Å². The van der Waals surface area contributed by atoms with E-state index in [-0.39, 0.29) is 5.41 Å². The van der Waals surface area contributed by atoms with Crippen LogP contribution < -0.4 is 5.32 Å². The quantitative estimate of drug-likeness (QED) is 0.848. The van der Waals surface area contributed by atoms with Gasteiger partial charge >= 0.3 is 0 Å². The first-order valence-electron chi connectivity index (χ1n) is 7.28. The molecule has 0 aliphatic heterocycles. The highest BCUT2D eigenvalue weighted by Gasteiger charge is 2.17. The van der Waals surface area contributed by atoms with Crippen molar-refractivity contribution in [2.45, 2.75) is 65.5 Å². The molecule has 0 amide bonds. The Hall–Kier alpha value is -0.860. The summed E-state index contributed by atoms with van der Waals surface area (Å²) in [5, 5.41) is 13.7. The molecule has 1 aromatic carbocycles. The molecule has 1 rings (SSSR count). The van der Waals surface area contributed by atoms with Crippen molar-refractivity contribution in [2.24, 2.45) is 0 Å². The number of aryl methyl sites for hydroxylation is 1. The Balaban J connectivity index is 2.87. The highest BCUT2D eigenvalue weighted by atomic mass is 16.3. The van der Waals surface area contributed by atoms with Crippen molar-refractivity contribution in [3.63, 3.8) is 0 Å². The molecule has 2 N–H and O–H groups in total. The topological polar surface area (TPSA) is 32.3 Å². The Bertz CT molecular complexity index is 406. The van der Waals surface area contributed by atoms with Crippen LogP contribution in [0.1, 0.15) is 63.8 Å². The van der Waals surface area contributed by atoms with E-state index >= 15 is 0 Å². The normalized spacial score (nSPS) is 15.3. The summed E-state index contributed by atoms with van der Waals surface area (Å²) in [5.41, 5.74) is 3.59. The predicted molar refractivity (Wildman–Crippen MR) is 82.6 cm³/mol. The SMILES string of the molecule is CCC(C)NCC(O)c1cc(C(C)(C)C)ccc1C. The van der Waals surface area contributed by atoms with Gasteiger partial charge in [-0.2, -0.15) is 0 Å². The Morgan fingerprint density at radius 1 is 1.26 bits per heavy atom. The number of nitrogens with one attached hydrogen (secondary N) is 1. The zero-order chi connectivity index (χ0) is 14.6. The third-order valence-corrected chi connectivity index (χ3v) is 3.78. The molecule has 0 bridgehead atoms. The number of benzene rings is 1. The maximum absolute atomic E-state index is 10.4. The minimum atomic E-state index is -0.434. The Morgan fingerprint density at radius 3 is 2.42 bits per heavy atom. The van der Waals surface area contributed by atoms with Gasteiger partial charge in [0.15, 0.2) is 0 Å². The van der Waals surface area contributed by atoms with E-state index in [0.29, 0.717) is 12.6 Å². The molecular weight excluding hydrogens is 234 g/mol. The Labute approximate surface area is 118 Å². The second-order valence-corrected chi connectivity index (χ2v) is 6.55. The van der Waals surface area contributed by atoms with Crippen molar-refractivity contribution < 1.29 is 5.11 Å². The molecule has 0 aliphatic rings. The molecular formula is C17H29NO. The summed E-state index contributed by atoms with van der Waals surface area (Å²) >= 11 is 0. The van der Waals surface area contributed by atoms with Gasteiger partial charge in [-0.25, -0.2) is 0 Å². The van der Waals surface area contributed by atoms with Crippen LogP contribution in [0.25, 0.3) is 0 Å². The molecule has 19 heavy (non-hydrogen) atoms. The van der Waals surface area contributed by atoms with Crippen molar-refractivity contribution in [1.82, 2.24) is 5.32 Å². The summed E-state index contributed by atoms with van der Waals surface area (Å²) < 4.78 is 0. The summed E-state index contributed by atoms with van der Waals surface area (Å²) in [6, 6.07) is 6.87. The molecule has 0 saturated heterocycles. The van der Waals surface area contributed by atoms with Gasteiger partial charge in [0.25, 0.3) is 0 Å². The number of aliphatic hydroxyl groups excluding tert-OH is 1. The maximum atomic E-state index is 10.4. The number of hydrogen-bond acceptors (Lipinski definition) is 2. The minimum Gasteiger partial charge on any atom is -0.387 e. The monoisotopic (exact) mass is 263 g/mol. The third kappa shape index (κ3) is 4.63. The summed E-state index contributed by atoms with van der Waals surface area (Å²) in [5.74, 6) is 0. The van der Waals surface area contributed by atoms with Gasteiger partial charge in [-0.3, -0.25) is 0 Å². The Kier molecular flexibility index (Phi) is 5.57. The van der Waals surface area contributed by atoms with E-state index < -0.39 is 6.10 Å². The van der Waals surface area contributed by atoms with Gasteiger partial charge in [-0.05, 0) is 42.4 Å². The van der Waals surface area contributed by atoms with E-state index in [2.05, 4.69) is 65.1 Å². The molecule has 0 aromatic heterocycles. The zero-order valence-corrected chi connectivity index (χ0v) is 13.2. The second kappa shape index (κ2) is 6.53. The van der Waals surface area contributed by atoms with Crippen LogP contribution >= 0.6 is 0 Å². The fourth-order valence-electron chi connectivity index (χ4n) is 2.03. The van der Waals surface area contributed by atoms with Gasteiger partial charge in [0.05, 0.1) is 6.10 Å². The highest BCUT2D eigenvalue weighted by molar-refractivity contribution is 5.36. The Morgan fingerprint density at radius 2 is 1.89 bits per heavy atom. The van der Waals surface area contributed by atoms with Gasteiger partial charge < -0.3 is 10.4 Å². The molecule has 0 spiro atoms. The highest BCUT2D eigenvalue weighted by Crippen LogP contribution is 2.27. The van der Waals surface area contributed by atoms with E-state index in [0.717, 1.165) is 17.5 Å². The lowest BCUT2D eigenvalue weighted by molar-refractivity contribution is 0.169. The first-order chi connectivity index (χ1) is 8.75. The molecule has 0 radical (unpaired) electrons. The predicted octanol–water partition coefficient (Wildman–Crippen LogP) is 3.71. The van der Waals surface area contributed by atoms with E-state index in [1.807, 2.05) is 0 Å². The van der Waals surface area contributed by atoms with Crippen LogP contribution in [0.2, 0.25) is 0 Å². The molecule has 2 nitrogen and oxygen atoms in total. The van der Waals surface area contributed by atoms with E-state index in [1.165, 1.54) is 5.56 Å². The van der Waals surface area contributed by atoms with Crippen LogP contribution in [0.5, 0.6) is 0 Å². The number of aliphatic hydroxyl groups is 1. The third-order valence-electron chi connectivity index (χ3n) is 3.78. The van der Waals surface area contributed by atoms with Gasteiger partial charge in [0, 0.05) is 12.6 Å². The molecule has 0 fully saturated rings. The van der Waals surface area contributed by atoms with E-state index in [4.69, 9.17) is 0 Å². The van der Waals surface area contributed by atoms with Crippen LogP contribution in [0.4, 0.5) is 0 Å². The van der Waals surface area contributed by atoms with Crippen molar-refractivity contribution in [3.05, 3.63) is 34.9 Å². The molecule has 2 heteroatoms. The summed E-state index contributed by atoms with van der Waals surface area (Å²) in [4.78, 5) is 0. The smallest absolute Gasteiger partial charge is 0.0917 e. The molecule has 1 aromatic rings. The largest absolute Gasteiger partial charge is 0.387 e. The van der Waals surface area contributed by atoms with Gasteiger partial charge in [0.1, 0.15) is 0 Å². The van der Waals surface area contributed by atoms with Crippen LogP contribution in [-0.4, -0.2) is 17.7 Å². The lowest BCUT2D eigenvalue weighted by Crippen LogP contribution is -2.30. The lowest BCUT2D eigenvalue weighted by Gasteiger charge is -2.23.